The zero-order valence-electron chi connectivity index (χ0n) is 13.4. The molecule has 0 aliphatic carbocycles. The summed E-state index contributed by atoms with van der Waals surface area (Å²) in [5, 5.41) is 4.04. The maximum atomic E-state index is 12.9. The topological polar surface area (TPSA) is 32.3 Å². The summed E-state index contributed by atoms with van der Waals surface area (Å²) in [5.74, 6) is 0.984. The third kappa shape index (κ3) is 3.31. The van der Waals surface area contributed by atoms with Gasteiger partial charge in [-0.15, -0.1) is 0 Å². The number of halogens is 1. The number of amides is 1. The molecule has 0 unspecified atom stereocenters. The van der Waals surface area contributed by atoms with E-state index in [1.807, 2.05) is 24.3 Å². The number of fused-ring (bicyclic) bond motifs is 3. The number of nitrogens with zero attached hydrogens (tertiary/aromatic N) is 1. The Morgan fingerprint density at radius 3 is 2.36 bits per heavy atom. The average Bonchev–Trinajstić information content (AvgIpc) is 2.50. The molecule has 4 heteroatoms. The summed E-state index contributed by atoms with van der Waals surface area (Å²) in [6.07, 6.45) is 2.44. The Kier molecular flexibility index (Phi) is 4.74. The first-order valence-electron chi connectivity index (χ1n) is 8.33. The van der Waals surface area contributed by atoms with Crippen LogP contribution in [-0.4, -0.2) is 36.5 Å². The van der Waals surface area contributed by atoms with Crippen molar-refractivity contribution in [2.75, 3.05) is 19.6 Å². The molecule has 1 amide bonds. The Balaban J connectivity index is 1.71. The fraction of sp³-hybridized carbons (Fsp3) is 0.611. The van der Waals surface area contributed by atoms with E-state index in [4.69, 9.17) is 11.6 Å². The molecule has 3 aliphatic rings. The van der Waals surface area contributed by atoms with Gasteiger partial charge >= 0.3 is 0 Å². The summed E-state index contributed by atoms with van der Waals surface area (Å²) >= 11 is 5.97. The van der Waals surface area contributed by atoms with E-state index < -0.39 is 0 Å². The van der Waals surface area contributed by atoms with Crippen molar-refractivity contribution in [3.63, 3.8) is 0 Å². The van der Waals surface area contributed by atoms with Crippen LogP contribution in [0.2, 0.25) is 5.02 Å². The van der Waals surface area contributed by atoms with Crippen LogP contribution in [-0.2, 0) is 4.79 Å². The van der Waals surface area contributed by atoms with Crippen molar-refractivity contribution in [3.05, 3.63) is 34.9 Å². The number of carbonyl (C=O) groups is 1. The first kappa shape index (κ1) is 15.8. The van der Waals surface area contributed by atoms with Crippen LogP contribution in [0.5, 0.6) is 0 Å². The molecule has 3 heterocycles. The van der Waals surface area contributed by atoms with E-state index in [2.05, 4.69) is 24.1 Å². The SMILES string of the molecule is CC(C)[C@H](C(=O)N[C@@H]1CN2CCC1CC2)c1ccc(Cl)cc1. The molecule has 2 atom stereocenters. The molecule has 3 aliphatic heterocycles. The number of benzene rings is 1. The summed E-state index contributed by atoms with van der Waals surface area (Å²) in [7, 11) is 0. The minimum absolute atomic E-state index is 0.104. The van der Waals surface area contributed by atoms with Crippen molar-refractivity contribution in [1.82, 2.24) is 10.2 Å². The smallest absolute Gasteiger partial charge is 0.228 e. The Morgan fingerprint density at radius 2 is 1.86 bits per heavy atom. The monoisotopic (exact) mass is 320 g/mol. The van der Waals surface area contributed by atoms with Gasteiger partial charge in [-0.05, 0) is 55.5 Å². The zero-order valence-corrected chi connectivity index (χ0v) is 14.1. The standard InChI is InChI=1S/C18H25ClN2O/c1-12(2)17(14-3-5-15(19)6-4-14)18(22)20-16-11-21-9-7-13(16)8-10-21/h3-6,12-13,16-17H,7-11H2,1-2H3,(H,20,22)/t16-,17+/m1/s1. The van der Waals surface area contributed by atoms with Crippen molar-refractivity contribution in [1.29, 1.82) is 0 Å². The number of nitrogens with one attached hydrogen (secondary N) is 1. The molecule has 0 saturated carbocycles. The van der Waals surface area contributed by atoms with Gasteiger partial charge in [-0.1, -0.05) is 37.6 Å². The highest BCUT2D eigenvalue weighted by Crippen LogP contribution is 2.30. The van der Waals surface area contributed by atoms with Crippen LogP contribution in [0, 0.1) is 11.8 Å². The molecule has 0 radical (unpaired) electrons. The summed E-state index contributed by atoms with van der Waals surface area (Å²) in [4.78, 5) is 15.3. The predicted octanol–water partition coefficient (Wildman–Crippen LogP) is 3.29. The van der Waals surface area contributed by atoms with E-state index >= 15 is 0 Å². The fourth-order valence-electron chi connectivity index (χ4n) is 3.91. The van der Waals surface area contributed by atoms with E-state index in [1.54, 1.807) is 0 Å². The molecule has 3 fully saturated rings. The van der Waals surface area contributed by atoms with Gasteiger partial charge in [0.05, 0.1) is 5.92 Å². The van der Waals surface area contributed by atoms with Crippen molar-refractivity contribution in [2.45, 2.75) is 38.6 Å². The van der Waals surface area contributed by atoms with E-state index in [-0.39, 0.29) is 17.7 Å². The van der Waals surface area contributed by atoms with Crippen molar-refractivity contribution in [3.8, 4) is 0 Å². The lowest BCUT2D eigenvalue weighted by atomic mass is 9.82. The van der Waals surface area contributed by atoms with E-state index in [1.165, 1.54) is 25.9 Å². The van der Waals surface area contributed by atoms with Gasteiger partial charge in [0.15, 0.2) is 0 Å². The van der Waals surface area contributed by atoms with Gasteiger partial charge in [0.1, 0.15) is 0 Å². The van der Waals surface area contributed by atoms with Crippen LogP contribution >= 0.6 is 11.6 Å². The third-order valence-corrected chi connectivity index (χ3v) is 5.41. The molecular weight excluding hydrogens is 296 g/mol. The minimum Gasteiger partial charge on any atom is -0.351 e. The highest BCUT2D eigenvalue weighted by atomic mass is 35.5. The number of hydrogen-bond donors (Lipinski definition) is 1. The Bertz CT molecular complexity index is 520. The van der Waals surface area contributed by atoms with Gasteiger partial charge < -0.3 is 10.2 Å². The van der Waals surface area contributed by atoms with Gasteiger partial charge in [-0.2, -0.15) is 0 Å². The van der Waals surface area contributed by atoms with Crippen LogP contribution in [0.1, 0.15) is 38.2 Å². The lowest BCUT2D eigenvalue weighted by Gasteiger charge is -2.45. The second-order valence-corrected chi connectivity index (χ2v) is 7.46. The summed E-state index contributed by atoms with van der Waals surface area (Å²) in [6, 6.07) is 8.01. The summed E-state index contributed by atoms with van der Waals surface area (Å²) in [5.41, 5.74) is 1.05. The van der Waals surface area contributed by atoms with Gasteiger partial charge in [0.2, 0.25) is 5.91 Å². The van der Waals surface area contributed by atoms with Crippen molar-refractivity contribution >= 4 is 17.5 Å². The van der Waals surface area contributed by atoms with Gasteiger partial charge in [0, 0.05) is 17.6 Å². The third-order valence-electron chi connectivity index (χ3n) is 5.16. The molecule has 22 heavy (non-hydrogen) atoms. The van der Waals surface area contributed by atoms with Gasteiger partial charge in [0.25, 0.3) is 0 Å². The Hall–Kier alpha value is -1.06. The van der Waals surface area contributed by atoms with E-state index in [0.717, 1.165) is 12.1 Å². The molecule has 2 bridgehead atoms. The average molecular weight is 321 g/mol. The van der Waals surface area contributed by atoms with Crippen LogP contribution in [0.3, 0.4) is 0 Å². The quantitative estimate of drug-likeness (QED) is 0.923. The molecule has 120 valence electrons. The maximum Gasteiger partial charge on any atom is 0.228 e. The Morgan fingerprint density at radius 1 is 1.23 bits per heavy atom. The van der Waals surface area contributed by atoms with E-state index in [0.29, 0.717) is 17.0 Å². The molecule has 1 aromatic rings. The lowest BCUT2D eigenvalue weighted by molar-refractivity contribution is -0.125. The first-order valence-corrected chi connectivity index (χ1v) is 8.70. The largest absolute Gasteiger partial charge is 0.351 e. The van der Waals surface area contributed by atoms with Crippen LogP contribution in [0.25, 0.3) is 0 Å². The first-order chi connectivity index (χ1) is 10.5. The van der Waals surface area contributed by atoms with Crippen molar-refractivity contribution < 1.29 is 4.79 Å². The van der Waals surface area contributed by atoms with Crippen molar-refractivity contribution in [2.24, 2.45) is 11.8 Å². The number of piperidine rings is 3. The molecule has 3 saturated heterocycles. The lowest BCUT2D eigenvalue weighted by Crippen LogP contribution is -2.58. The number of rotatable bonds is 4. The van der Waals surface area contributed by atoms with Gasteiger partial charge in [-0.3, -0.25) is 4.79 Å². The second-order valence-electron chi connectivity index (χ2n) is 7.03. The molecule has 0 spiro atoms. The fourth-order valence-corrected chi connectivity index (χ4v) is 4.04. The van der Waals surface area contributed by atoms with Crippen LogP contribution in [0.15, 0.2) is 24.3 Å². The predicted molar refractivity (Wildman–Crippen MR) is 90.1 cm³/mol. The maximum absolute atomic E-state index is 12.9. The molecule has 3 nitrogen and oxygen atoms in total. The number of hydrogen-bond acceptors (Lipinski definition) is 2. The summed E-state index contributed by atoms with van der Waals surface area (Å²) in [6.45, 7) is 7.62. The zero-order chi connectivity index (χ0) is 15.7. The molecule has 4 rings (SSSR count). The summed E-state index contributed by atoms with van der Waals surface area (Å²) < 4.78 is 0. The molecule has 1 aromatic carbocycles. The second kappa shape index (κ2) is 6.59. The molecule has 1 N–H and O–H groups in total. The minimum atomic E-state index is -0.104. The molecular formula is C18H25ClN2O. The normalized spacial score (nSPS) is 28.6. The van der Waals surface area contributed by atoms with Crippen LogP contribution < -0.4 is 5.32 Å². The van der Waals surface area contributed by atoms with Gasteiger partial charge in [-0.25, -0.2) is 0 Å². The Labute approximate surface area is 138 Å². The number of carbonyl (C=O) groups excluding carboxylic acids is 1. The highest BCUT2D eigenvalue weighted by molar-refractivity contribution is 6.30. The van der Waals surface area contributed by atoms with Crippen LogP contribution in [0.4, 0.5) is 0 Å². The van der Waals surface area contributed by atoms with E-state index in [9.17, 15) is 4.79 Å². The molecule has 0 aromatic heterocycles. The highest BCUT2D eigenvalue weighted by Gasteiger charge is 2.36.